The van der Waals surface area contributed by atoms with Gasteiger partial charge >= 0.3 is 0 Å². The summed E-state index contributed by atoms with van der Waals surface area (Å²) < 4.78 is 12.2. The van der Waals surface area contributed by atoms with Gasteiger partial charge in [-0.15, -0.1) is 0 Å². The molecular weight excluding hydrogens is 381 g/mol. The van der Waals surface area contributed by atoms with E-state index in [1.54, 1.807) is 19.7 Å². The van der Waals surface area contributed by atoms with Crippen molar-refractivity contribution >= 4 is 30.0 Å². The minimum absolute atomic E-state index is 0.101. The quantitative estimate of drug-likeness (QED) is 0.680. The van der Waals surface area contributed by atoms with Crippen molar-refractivity contribution in [2.75, 3.05) is 24.0 Å². The van der Waals surface area contributed by atoms with Crippen molar-refractivity contribution in [3.63, 3.8) is 0 Å². The van der Waals surface area contributed by atoms with Gasteiger partial charge in [0, 0.05) is 16.5 Å². The average Bonchev–Trinajstić information content (AvgIpc) is 2.60. The second-order valence-electron chi connectivity index (χ2n) is 9.72. The van der Waals surface area contributed by atoms with E-state index in [0.717, 1.165) is 28.7 Å². The molecule has 1 heterocycles. The molecule has 1 aromatic carbocycles. The Labute approximate surface area is 173 Å². The van der Waals surface area contributed by atoms with Gasteiger partial charge in [0.1, 0.15) is 13.5 Å². The van der Waals surface area contributed by atoms with Gasteiger partial charge in [-0.2, -0.15) is 4.98 Å². The lowest BCUT2D eigenvalue weighted by atomic mass is 9.61. The minimum atomic E-state index is -2.25. The summed E-state index contributed by atoms with van der Waals surface area (Å²) in [6.07, 6.45) is 7.82. The first-order chi connectivity index (χ1) is 13.7. The number of anilines is 3. The van der Waals surface area contributed by atoms with Gasteiger partial charge in [0.2, 0.25) is 11.9 Å². The molecule has 7 heteroatoms. The Morgan fingerprint density at radius 3 is 2.21 bits per heavy atom. The average molecular weight is 414 g/mol. The van der Waals surface area contributed by atoms with Gasteiger partial charge in [0.25, 0.3) is 0 Å². The molecule has 2 N–H and O–H groups in total. The largest absolute Gasteiger partial charge is 0.349 e. The Bertz CT molecular complexity index is 890. The monoisotopic (exact) mass is 413 g/mol. The van der Waals surface area contributed by atoms with Crippen LogP contribution in [-0.2, 0) is 4.57 Å². The van der Waals surface area contributed by atoms with Crippen LogP contribution >= 0.6 is 7.14 Å². The number of hydrogen-bond donors (Lipinski definition) is 2. The molecule has 2 bridgehead atoms. The van der Waals surface area contributed by atoms with E-state index in [1.807, 2.05) is 24.3 Å². The van der Waals surface area contributed by atoms with Crippen LogP contribution in [0.15, 0.2) is 30.6 Å². The Hall–Kier alpha value is -1.94. The fraction of sp³-hybridized carbons (Fsp3) is 0.591. The Morgan fingerprint density at radius 1 is 0.966 bits per heavy atom. The molecule has 2 aromatic rings. The summed E-state index contributed by atoms with van der Waals surface area (Å²) in [5, 5.41) is 7.81. The van der Waals surface area contributed by atoms with E-state index >= 15 is 0 Å². The number of hydrogen-bond acceptors (Lipinski definition) is 6. The van der Waals surface area contributed by atoms with Crippen LogP contribution in [0.5, 0.6) is 0 Å². The standard InChI is InChI=1S/C22H32N5OP/c1-15-9-17-10-16(2)12-22(11-15,13-17)27-21-24-14-23-20(26-21)25-18-5-7-19(8-6-18)29(3,4)28/h5-8,14-17H,9-13H2,1-4H3,(H2,23,24,25,26,27). The highest BCUT2D eigenvalue weighted by molar-refractivity contribution is 7.70. The zero-order chi connectivity index (χ0) is 20.6. The summed E-state index contributed by atoms with van der Waals surface area (Å²) in [7, 11) is -2.25. The zero-order valence-corrected chi connectivity index (χ0v) is 18.7. The van der Waals surface area contributed by atoms with E-state index in [0.29, 0.717) is 11.9 Å². The predicted molar refractivity (Wildman–Crippen MR) is 120 cm³/mol. The number of nitrogens with zero attached hydrogens (tertiary/aromatic N) is 3. The molecule has 2 fully saturated rings. The molecular formula is C22H32N5OP. The van der Waals surface area contributed by atoms with E-state index in [-0.39, 0.29) is 5.54 Å². The lowest BCUT2D eigenvalue weighted by Gasteiger charge is -2.50. The molecule has 2 aliphatic carbocycles. The topological polar surface area (TPSA) is 79.8 Å². The van der Waals surface area contributed by atoms with Crippen molar-refractivity contribution in [3.8, 4) is 0 Å². The van der Waals surface area contributed by atoms with Gasteiger partial charge < -0.3 is 15.2 Å². The maximum Gasteiger partial charge on any atom is 0.231 e. The van der Waals surface area contributed by atoms with Gasteiger partial charge in [0.15, 0.2) is 0 Å². The molecule has 156 valence electrons. The van der Waals surface area contributed by atoms with Gasteiger partial charge in [-0.05, 0) is 87.5 Å². The van der Waals surface area contributed by atoms with Crippen molar-refractivity contribution in [1.29, 1.82) is 0 Å². The number of nitrogens with one attached hydrogen (secondary N) is 2. The molecule has 0 radical (unpaired) electrons. The van der Waals surface area contributed by atoms with Crippen LogP contribution in [0.2, 0.25) is 0 Å². The Morgan fingerprint density at radius 2 is 1.59 bits per heavy atom. The molecule has 4 rings (SSSR count). The third kappa shape index (κ3) is 4.80. The molecule has 0 saturated heterocycles. The highest BCUT2D eigenvalue weighted by Gasteiger charge is 2.44. The van der Waals surface area contributed by atoms with E-state index < -0.39 is 7.14 Å². The molecule has 2 unspecified atom stereocenters. The van der Waals surface area contributed by atoms with E-state index in [9.17, 15) is 4.57 Å². The van der Waals surface area contributed by atoms with Crippen molar-refractivity contribution in [3.05, 3.63) is 30.6 Å². The molecule has 0 aliphatic heterocycles. The molecule has 2 atom stereocenters. The van der Waals surface area contributed by atoms with Crippen LogP contribution in [0.4, 0.5) is 17.6 Å². The molecule has 6 nitrogen and oxygen atoms in total. The Balaban J connectivity index is 1.49. The summed E-state index contributed by atoms with van der Waals surface area (Å²) in [5.41, 5.74) is 0.971. The van der Waals surface area contributed by atoms with Crippen molar-refractivity contribution < 1.29 is 4.57 Å². The summed E-state index contributed by atoms with van der Waals surface area (Å²) in [6, 6.07) is 7.63. The second-order valence-corrected chi connectivity index (χ2v) is 12.9. The number of fused-ring (bicyclic) bond motifs is 2. The first-order valence-electron chi connectivity index (χ1n) is 10.6. The predicted octanol–water partition coefficient (Wildman–Crippen LogP) is 4.88. The van der Waals surface area contributed by atoms with Gasteiger partial charge in [-0.1, -0.05) is 13.8 Å². The minimum Gasteiger partial charge on any atom is -0.349 e. The lowest BCUT2D eigenvalue weighted by Crippen LogP contribution is -2.50. The van der Waals surface area contributed by atoms with Crippen molar-refractivity contribution in [2.45, 2.75) is 51.5 Å². The van der Waals surface area contributed by atoms with Crippen LogP contribution in [0, 0.1) is 17.8 Å². The van der Waals surface area contributed by atoms with Crippen LogP contribution < -0.4 is 15.9 Å². The van der Waals surface area contributed by atoms with E-state index in [4.69, 9.17) is 0 Å². The highest BCUT2D eigenvalue weighted by atomic mass is 31.2. The van der Waals surface area contributed by atoms with Crippen molar-refractivity contribution in [2.24, 2.45) is 17.8 Å². The Kier molecular flexibility index (Phi) is 5.41. The number of benzene rings is 1. The number of aromatic nitrogens is 3. The summed E-state index contributed by atoms with van der Waals surface area (Å²) in [5.74, 6) is 3.44. The van der Waals surface area contributed by atoms with Crippen LogP contribution in [0.25, 0.3) is 0 Å². The molecule has 0 amide bonds. The fourth-order valence-electron chi connectivity index (χ4n) is 5.54. The molecule has 2 aliphatic rings. The first kappa shape index (κ1) is 20.3. The maximum absolute atomic E-state index is 12.2. The van der Waals surface area contributed by atoms with Crippen LogP contribution in [0.3, 0.4) is 0 Å². The summed E-state index contributed by atoms with van der Waals surface area (Å²) in [4.78, 5) is 13.3. The molecule has 0 spiro atoms. The second kappa shape index (κ2) is 7.71. The SMILES string of the molecule is CC1CC2CC(C)CC(Nc3ncnc(Nc4ccc(P(C)(C)=O)cc4)n3)(C1)C2. The lowest BCUT2D eigenvalue weighted by molar-refractivity contribution is 0.0968. The summed E-state index contributed by atoms with van der Waals surface area (Å²) in [6.45, 7) is 8.30. The first-order valence-corrected chi connectivity index (χ1v) is 13.2. The molecule has 1 aromatic heterocycles. The normalized spacial score (nSPS) is 29.3. The highest BCUT2D eigenvalue weighted by Crippen LogP contribution is 2.48. The smallest absolute Gasteiger partial charge is 0.231 e. The van der Waals surface area contributed by atoms with E-state index in [2.05, 4.69) is 39.4 Å². The third-order valence-corrected chi connectivity index (χ3v) is 7.87. The number of rotatable bonds is 5. The summed E-state index contributed by atoms with van der Waals surface area (Å²) >= 11 is 0. The van der Waals surface area contributed by atoms with E-state index in [1.165, 1.54) is 32.1 Å². The van der Waals surface area contributed by atoms with Gasteiger partial charge in [-0.25, -0.2) is 9.97 Å². The van der Waals surface area contributed by atoms with Gasteiger partial charge in [-0.3, -0.25) is 0 Å². The fourth-order valence-corrected chi connectivity index (χ4v) is 6.41. The maximum atomic E-state index is 12.2. The molecule has 2 saturated carbocycles. The third-order valence-electron chi connectivity index (χ3n) is 6.32. The van der Waals surface area contributed by atoms with Gasteiger partial charge in [0.05, 0.1) is 0 Å². The van der Waals surface area contributed by atoms with Crippen molar-refractivity contribution in [1.82, 2.24) is 15.0 Å². The van der Waals surface area contributed by atoms with Crippen LogP contribution in [0.1, 0.15) is 46.0 Å². The van der Waals surface area contributed by atoms with Crippen LogP contribution in [-0.4, -0.2) is 33.8 Å². The molecule has 29 heavy (non-hydrogen) atoms. The zero-order valence-electron chi connectivity index (χ0n) is 17.9.